The van der Waals surface area contributed by atoms with Crippen molar-refractivity contribution >= 4 is 23.2 Å². The van der Waals surface area contributed by atoms with E-state index in [0.29, 0.717) is 23.9 Å². The summed E-state index contributed by atoms with van der Waals surface area (Å²) in [6.45, 7) is 1.48. The summed E-state index contributed by atoms with van der Waals surface area (Å²) in [6.07, 6.45) is 4.02. The van der Waals surface area contributed by atoms with E-state index < -0.39 is 0 Å². The highest BCUT2D eigenvalue weighted by Crippen LogP contribution is 2.25. The summed E-state index contributed by atoms with van der Waals surface area (Å²) in [5.74, 6) is 0.616. The third-order valence-corrected chi connectivity index (χ3v) is 3.91. The maximum Gasteiger partial charge on any atom is 0.273 e. The van der Waals surface area contributed by atoms with Crippen LogP contribution in [0, 0.1) is 5.92 Å². The number of pyridine rings is 1. The van der Waals surface area contributed by atoms with Gasteiger partial charge in [0, 0.05) is 25.3 Å². The lowest BCUT2D eigenvalue weighted by Crippen LogP contribution is -2.23. The molecule has 0 spiro atoms. The molecule has 7 heteroatoms. The van der Waals surface area contributed by atoms with E-state index in [9.17, 15) is 4.79 Å². The maximum atomic E-state index is 12.2. The predicted octanol–water partition coefficient (Wildman–Crippen LogP) is 1.25. The van der Waals surface area contributed by atoms with Crippen LogP contribution in [0.3, 0.4) is 0 Å². The summed E-state index contributed by atoms with van der Waals surface area (Å²) >= 11 is 0. The third kappa shape index (κ3) is 2.19. The van der Waals surface area contributed by atoms with E-state index in [1.807, 2.05) is 18.2 Å². The topological polar surface area (TPSA) is 72.1 Å². The normalized spacial score (nSPS) is 20.3. The van der Waals surface area contributed by atoms with Gasteiger partial charge in [-0.3, -0.25) is 4.79 Å². The zero-order chi connectivity index (χ0) is 14.2. The lowest BCUT2D eigenvalue weighted by molar-refractivity contribution is -0.117. The van der Waals surface area contributed by atoms with Crippen LogP contribution in [0.4, 0.5) is 5.95 Å². The molecule has 2 aliphatic heterocycles. The van der Waals surface area contributed by atoms with E-state index in [1.165, 1.54) is 5.01 Å². The van der Waals surface area contributed by atoms with Gasteiger partial charge in [0.05, 0.1) is 12.1 Å². The molecule has 1 fully saturated rings. The van der Waals surface area contributed by atoms with Gasteiger partial charge in [-0.25, -0.2) is 4.52 Å². The van der Waals surface area contributed by atoms with Crippen LogP contribution in [0.1, 0.15) is 19.3 Å². The highest BCUT2D eigenvalue weighted by molar-refractivity contribution is 6.13. The average Bonchev–Trinajstić information content (AvgIpc) is 3.11. The van der Waals surface area contributed by atoms with Crippen molar-refractivity contribution in [1.29, 1.82) is 0 Å². The van der Waals surface area contributed by atoms with Crippen LogP contribution >= 0.6 is 0 Å². The smallest absolute Gasteiger partial charge is 0.273 e. The molecule has 4 rings (SSSR count). The quantitative estimate of drug-likeness (QED) is 0.832. The van der Waals surface area contributed by atoms with Gasteiger partial charge >= 0.3 is 0 Å². The van der Waals surface area contributed by atoms with Gasteiger partial charge in [-0.1, -0.05) is 6.07 Å². The second-order valence-corrected chi connectivity index (χ2v) is 5.28. The van der Waals surface area contributed by atoms with Crippen molar-refractivity contribution in [3.8, 4) is 0 Å². The molecule has 2 aromatic rings. The van der Waals surface area contributed by atoms with Gasteiger partial charge in [-0.2, -0.15) is 15.1 Å². The van der Waals surface area contributed by atoms with E-state index >= 15 is 0 Å². The van der Waals surface area contributed by atoms with Crippen molar-refractivity contribution in [3.05, 3.63) is 24.4 Å². The lowest BCUT2D eigenvalue weighted by atomic mass is 9.93. The minimum absolute atomic E-state index is 0.0626. The first kappa shape index (κ1) is 12.5. The van der Waals surface area contributed by atoms with E-state index in [0.717, 1.165) is 31.8 Å². The Bertz CT molecular complexity index is 684. The first-order valence-corrected chi connectivity index (χ1v) is 7.11. The second-order valence-electron chi connectivity index (χ2n) is 5.28. The van der Waals surface area contributed by atoms with Crippen LogP contribution in [0.2, 0.25) is 0 Å². The highest BCUT2D eigenvalue weighted by Gasteiger charge is 2.32. The zero-order valence-electron chi connectivity index (χ0n) is 11.5. The number of hydrogen-bond acceptors (Lipinski definition) is 5. The van der Waals surface area contributed by atoms with Gasteiger partial charge in [-0.15, -0.1) is 5.10 Å². The van der Waals surface area contributed by atoms with Crippen LogP contribution in [0.5, 0.6) is 0 Å². The van der Waals surface area contributed by atoms with E-state index in [4.69, 9.17) is 4.74 Å². The zero-order valence-corrected chi connectivity index (χ0v) is 11.5. The maximum absolute atomic E-state index is 12.2. The fraction of sp³-hybridized carbons (Fsp3) is 0.429. The Morgan fingerprint density at radius 3 is 2.90 bits per heavy atom. The summed E-state index contributed by atoms with van der Waals surface area (Å²) in [6, 6.07) is 5.60. The van der Waals surface area contributed by atoms with Crippen LogP contribution < -0.4 is 5.01 Å². The fourth-order valence-corrected chi connectivity index (χ4v) is 2.77. The lowest BCUT2D eigenvalue weighted by Gasteiger charge is -2.20. The number of carbonyl (C=O) groups excluding carboxylic acids is 1. The van der Waals surface area contributed by atoms with Crippen molar-refractivity contribution in [1.82, 2.24) is 14.6 Å². The van der Waals surface area contributed by atoms with Crippen LogP contribution in [-0.2, 0) is 9.53 Å². The molecule has 0 aliphatic carbocycles. The Hall–Kier alpha value is -2.28. The molecule has 2 aliphatic rings. The summed E-state index contributed by atoms with van der Waals surface area (Å²) in [4.78, 5) is 16.5. The highest BCUT2D eigenvalue weighted by atomic mass is 16.5. The molecule has 1 amide bonds. The molecule has 21 heavy (non-hydrogen) atoms. The molecule has 0 saturated carbocycles. The van der Waals surface area contributed by atoms with Gasteiger partial charge in [0.15, 0.2) is 5.65 Å². The van der Waals surface area contributed by atoms with Crippen LogP contribution in [-0.4, -0.2) is 39.4 Å². The fourth-order valence-electron chi connectivity index (χ4n) is 2.77. The summed E-state index contributed by atoms with van der Waals surface area (Å²) in [5, 5.41) is 10.1. The number of amides is 1. The Morgan fingerprint density at radius 2 is 2.10 bits per heavy atom. The number of hydrogen-bond donors (Lipinski definition) is 0. The SMILES string of the molecule is O=C1CC(C2CCOCC2)=NN1c1nc2ccccn2n1. The van der Waals surface area contributed by atoms with Crippen molar-refractivity contribution in [3.63, 3.8) is 0 Å². The molecule has 0 bridgehead atoms. The molecule has 4 heterocycles. The number of carbonyl (C=O) groups is 1. The van der Waals surface area contributed by atoms with Crippen LogP contribution in [0.25, 0.3) is 5.65 Å². The Kier molecular flexibility index (Phi) is 2.92. The number of anilines is 1. The monoisotopic (exact) mass is 285 g/mol. The largest absolute Gasteiger partial charge is 0.381 e. The van der Waals surface area contributed by atoms with Crippen molar-refractivity contribution in [2.24, 2.45) is 11.0 Å². The Morgan fingerprint density at radius 1 is 1.24 bits per heavy atom. The Balaban J connectivity index is 1.64. The number of fused-ring (bicyclic) bond motifs is 1. The molecule has 0 N–H and O–H groups in total. The number of ether oxygens (including phenoxy) is 1. The average molecular weight is 285 g/mol. The minimum atomic E-state index is -0.0626. The molecule has 7 nitrogen and oxygen atoms in total. The summed E-state index contributed by atoms with van der Waals surface area (Å²) in [7, 11) is 0. The number of hydrazone groups is 1. The first-order chi connectivity index (χ1) is 10.3. The molecule has 108 valence electrons. The minimum Gasteiger partial charge on any atom is -0.381 e. The van der Waals surface area contributed by atoms with Gasteiger partial charge < -0.3 is 4.74 Å². The van der Waals surface area contributed by atoms with Crippen molar-refractivity contribution < 1.29 is 9.53 Å². The molecule has 2 aromatic heterocycles. The first-order valence-electron chi connectivity index (χ1n) is 7.11. The number of aromatic nitrogens is 3. The van der Waals surface area contributed by atoms with Gasteiger partial charge in [0.25, 0.3) is 11.9 Å². The Labute approximate surface area is 121 Å². The van der Waals surface area contributed by atoms with Gasteiger partial charge in [0.2, 0.25) is 0 Å². The molecule has 0 aromatic carbocycles. The molecule has 0 unspecified atom stereocenters. The molecular weight excluding hydrogens is 270 g/mol. The molecular formula is C14H15N5O2. The van der Waals surface area contributed by atoms with Gasteiger partial charge in [-0.05, 0) is 25.0 Å². The summed E-state index contributed by atoms with van der Waals surface area (Å²) in [5.41, 5.74) is 1.64. The van der Waals surface area contributed by atoms with Gasteiger partial charge in [0.1, 0.15) is 0 Å². The molecule has 1 saturated heterocycles. The van der Waals surface area contributed by atoms with E-state index in [2.05, 4.69) is 15.2 Å². The second kappa shape index (κ2) is 4.92. The van der Waals surface area contributed by atoms with Crippen molar-refractivity contribution in [2.75, 3.05) is 18.2 Å². The molecule has 0 atom stereocenters. The number of nitrogens with zero attached hydrogens (tertiary/aromatic N) is 5. The third-order valence-electron chi connectivity index (χ3n) is 3.91. The number of rotatable bonds is 2. The van der Waals surface area contributed by atoms with E-state index in [-0.39, 0.29) is 5.91 Å². The van der Waals surface area contributed by atoms with Crippen LogP contribution in [0.15, 0.2) is 29.5 Å². The summed E-state index contributed by atoms with van der Waals surface area (Å²) < 4.78 is 7.00. The van der Waals surface area contributed by atoms with Crippen molar-refractivity contribution in [2.45, 2.75) is 19.3 Å². The molecule has 0 radical (unpaired) electrons. The van der Waals surface area contributed by atoms with E-state index in [1.54, 1.807) is 10.7 Å². The standard InChI is InChI=1S/C14H15N5O2/c20-13-9-11(10-4-7-21-8-5-10)16-19(13)14-15-12-3-1-2-6-18(12)17-14/h1-3,6,10H,4-5,7-9H2. The predicted molar refractivity (Wildman–Crippen MR) is 76.1 cm³/mol.